The quantitative estimate of drug-likeness (QED) is 0.579. The third-order valence-corrected chi connectivity index (χ3v) is 2.97. The highest BCUT2D eigenvalue weighted by Crippen LogP contribution is 2.19. The van der Waals surface area contributed by atoms with Crippen LogP contribution in [0.5, 0.6) is 5.75 Å². The van der Waals surface area contributed by atoms with Crippen molar-refractivity contribution in [3.05, 3.63) is 34.4 Å². The number of aliphatic hydroxyl groups is 1. The topological polar surface area (TPSA) is 102 Å². The second kappa shape index (κ2) is 6.85. The number of carbonyl (C=O) groups is 1. The number of non-ortho nitro benzene ring substituents is 1. The molecule has 0 fully saturated rings. The Labute approximate surface area is 116 Å². The zero-order valence-electron chi connectivity index (χ0n) is 11.5. The molecule has 0 heterocycles. The van der Waals surface area contributed by atoms with Crippen LogP contribution in [0, 0.1) is 10.1 Å². The normalized spacial score (nSPS) is 13.3. The Morgan fingerprint density at radius 3 is 2.80 bits per heavy atom. The number of hydrogen-bond donors (Lipinski definition) is 2. The van der Waals surface area contributed by atoms with Crippen LogP contribution in [0.4, 0.5) is 5.69 Å². The number of nitrogens with zero attached hydrogens (tertiary/aromatic N) is 1. The first-order chi connectivity index (χ1) is 9.40. The van der Waals surface area contributed by atoms with Gasteiger partial charge in [0.05, 0.1) is 23.1 Å². The highest BCUT2D eigenvalue weighted by Gasteiger charge is 2.23. The molecular weight excluding hydrogens is 264 g/mol. The van der Waals surface area contributed by atoms with Gasteiger partial charge in [-0.25, -0.2) is 0 Å². The Kier molecular flexibility index (Phi) is 5.45. The summed E-state index contributed by atoms with van der Waals surface area (Å²) in [7, 11) is 0. The number of amides is 1. The molecule has 0 aliphatic rings. The van der Waals surface area contributed by atoms with E-state index < -0.39 is 16.4 Å². The molecule has 110 valence electrons. The van der Waals surface area contributed by atoms with Gasteiger partial charge in [-0.3, -0.25) is 14.9 Å². The van der Waals surface area contributed by atoms with Crippen LogP contribution >= 0.6 is 0 Å². The number of benzene rings is 1. The van der Waals surface area contributed by atoms with Crippen molar-refractivity contribution in [3.63, 3.8) is 0 Å². The van der Waals surface area contributed by atoms with Crippen LogP contribution in [0.1, 0.15) is 20.3 Å². The molecule has 2 N–H and O–H groups in total. The average molecular weight is 282 g/mol. The van der Waals surface area contributed by atoms with Crippen LogP contribution < -0.4 is 10.1 Å². The minimum Gasteiger partial charge on any atom is -0.484 e. The lowest BCUT2D eigenvalue weighted by Gasteiger charge is -2.27. The molecule has 1 atom stereocenters. The second-order valence-electron chi connectivity index (χ2n) is 4.66. The zero-order valence-corrected chi connectivity index (χ0v) is 11.5. The number of nitro benzene ring substituents is 1. The van der Waals surface area contributed by atoms with Crippen molar-refractivity contribution in [2.75, 3.05) is 13.2 Å². The van der Waals surface area contributed by atoms with E-state index in [1.54, 1.807) is 6.92 Å². The lowest BCUT2D eigenvalue weighted by molar-refractivity contribution is -0.384. The van der Waals surface area contributed by atoms with E-state index in [4.69, 9.17) is 4.74 Å². The molecule has 0 aliphatic carbocycles. The van der Waals surface area contributed by atoms with Gasteiger partial charge in [0.25, 0.3) is 11.6 Å². The van der Waals surface area contributed by atoms with Gasteiger partial charge in [-0.15, -0.1) is 0 Å². The minimum atomic E-state index is -0.691. The Balaban J connectivity index is 2.57. The summed E-state index contributed by atoms with van der Waals surface area (Å²) in [6.07, 6.45) is 0.575. The molecule has 0 aromatic heterocycles. The zero-order chi connectivity index (χ0) is 15.2. The third kappa shape index (κ3) is 4.51. The number of hydrogen-bond acceptors (Lipinski definition) is 5. The standard InChI is InChI=1S/C13H18N2O5/c1-3-13(2,9-16)14-12(17)8-20-11-6-4-5-10(7-11)15(18)19/h4-7,16H,3,8-9H2,1-2H3,(H,14,17). The summed E-state index contributed by atoms with van der Waals surface area (Å²) >= 11 is 0. The predicted octanol–water partition coefficient (Wildman–Crippen LogP) is 1.25. The first-order valence-corrected chi connectivity index (χ1v) is 6.19. The van der Waals surface area contributed by atoms with E-state index in [9.17, 15) is 20.0 Å². The van der Waals surface area contributed by atoms with Gasteiger partial charge in [0.1, 0.15) is 5.75 Å². The Bertz CT molecular complexity index is 485. The molecule has 20 heavy (non-hydrogen) atoms. The first kappa shape index (κ1) is 15.9. The van der Waals surface area contributed by atoms with Crippen molar-refractivity contribution in [2.24, 2.45) is 0 Å². The van der Waals surface area contributed by atoms with Crippen molar-refractivity contribution in [2.45, 2.75) is 25.8 Å². The summed E-state index contributed by atoms with van der Waals surface area (Å²) in [6, 6.07) is 5.60. The lowest BCUT2D eigenvalue weighted by Crippen LogP contribution is -2.49. The molecule has 1 unspecified atom stereocenters. The number of nitrogens with one attached hydrogen (secondary N) is 1. The molecule has 1 aromatic rings. The second-order valence-corrected chi connectivity index (χ2v) is 4.66. The van der Waals surface area contributed by atoms with Crippen LogP contribution in [0.15, 0.2) is 24.3 Å². The molecule has 7 heteroatoms. The van der Waals surface area contributed by atoms with Crippen molar-refractivity contribution >= 4 is 11.6 Å². The Hall–Kier alpha value is -2.15. The molecule has 0 saturated carbocycles. The molecule has 0 spiro atoms. The van der Waals surface area contributed by atoms with Gasteiger partial charge in [-0.05, 0) is 19.4 Å². The van der Waals surface area contributed by atoms with Gasteiger partial charge >= 0.3 is 0 Å². The summed E-state index contributed by atoms with van der Waals surface area (Å²) in [5.41, 5.74) is -0.792. The van der Waals surface area contributed by atoms with E-state index in [-0.39, 0.29) is 24.7 Å². The van der Waals surface area contributed by atoms with E-state index in [1.165, 1.54) is 24.3 Å². The fourth-order valence-corrected chi connectivity index (χ4v) is 1.45. The number of ether oxygens (including phenoxy) is 1. The fourth-order valence-electron chi connectivity index (χ4n) is 1.45. The fraction of sp³-hybridized carbons (Fsp3) is 0.462. The van der Waals surface area contributed by atoms with Gasteiger partial charge in [0, 0.05) is 6.07 Å². The van der Waals surface area contributed by atoms with Crippen LogP contribution in [0.2, 0.25) is 0 Å². The van der Waals surface area contributed by atoms with Crippen LogP contribution in [-0.2, 0) is 4.79 Å². The van der Waals surface area contributed by atoms with E-state index >= 15 is 0 Å². The Morgan fingerprint density at radius 1 is 1.55 bits per heavy atom. The number of rotatable bonds is 7. The molecule has 0 saturated heterocycles. The van der Waals surface area contributed by atoms with Crippen molar-refractivity contribution < 1.29 is 19.6 Å². The summed E-state index contributed by atoms with van der Waals surface area (Å²) in [5, 5.41) is 22.4. The van der Waals surface area contributed by atoms with Gasteiger partial charge < -0.3 is 15.2 Å². The van der Waals surface area contributed by atoms with Gasteiger partial charge in [-0.1, -0.05) is 13.0 Å². The maximum absolute atomic E-state index is 11.7. The van der Waals surface area contributed by atoms with E-state index in [1.807, 2.05) is 6.92 Å². The van der Waals surface area contributed by atoms with Gasteiger partial charge in [0.15, 0.2) is 6.61 Å². The summed E-state index contributed by atoms with van der Waals surface area (Å²) in [6.45, 7) is 3.12. The highest BCUT2D eigenvalue weighted by atomic mass is 16.6. The van der Waals surface area contributed by atoms with Gasteiger partial charge in [-0.2, -0.15) is 0 Å². The molecule has 1 amide bonds. The van der Waals surface area contributed by atoms with Crippen molar-refractivity contribution in [1.82, 2.24) is 5.32 Å². The maximum Gasteiger partial charge on any atom is 0.273 e. The van der Waals surface area contributed by atoms with Crippen LogP contribution in [-0.4, -0.2) is 34.7 Å². The lowest BCUT2D eigenvalue weighted by atomic mass is 10.0. The minimum absolute atomic E-state index is 0.100. The summed E-state index contributed by atoms with van der Waals surface area (Å²) in [4.78, 5) is 21.8. The first-order valence-electron chi connectivity index (χ1n) is 6.19. The SMILES string of the molecule is CCC(C)(CO)NC(=O)COc1cccc([N+](=O)[O-])c1. The van der Waals surface area contributed by atoms with E-state index in [0.29, 0.717) is 6.42 Å². The van der Waals surface area contributed by atoms with Crippen LogP contribution in [0.3, 0.4) is 0 Å². The van der Waals surface area contributed by atoms with E-state index in [0.717, 1.165) is 0 Å². The number of nitro groups is 1. The predicted molar refractivity (Wildman–Crippen MR) is 72.5 cm³/mol. The highest BCUT2D eigenvalue weighted by molar-refractivity contribution is 5.78. The summed E-state index contributed by atoms with van der Waals surface area (Å²) < 4.78 is 5.20. The van der Waals surface area contributed by atoms with Crippen molar-refractivity contribution in [1.29, 1.82) is 0 Å². The van der Waals surface area contributed by atoms with Crippen LogP contribution in [0.25, 0.3) is 0 Å². The van der Waals surface area contributed by atoms with Gasteiger partial charge in [0.2, 0.25) is 0 Å². The third-order valence-electron chi connectivity index (χ3n) is 2.97. The maximum atomic E-state index is 11.7. The smallest absolute Gasteiger partial charge is 0.273 e. The molecule has 7 nitrogen and oxygen atoms in total. The summed E-state index contributed by atoms with van der Waals surface area (Å²) in [5.74, 6) is -0.147. The van der Waals surface area contributed by atoms with E-state index in [2.05, 4.69) is 5.32 Å². The number of carbonyl (C=O) groups excluding carboxylic acids is 1. The Morgan fingerprint density at radius 2 is 2.25 bits per heavy atom. The average Bonchev–Trinajstić information content (AvgIpc) is 2.45. The number of aliphatic hydroxyl groups excluding tert-OH is 1. The molecule has 1 rings (SSSR count). The molecular formula is C13H18N2O5. The van der Waals surface area contributed by atoms with Crippen molar-refractivity contribution in [3.8, 4) is 5.75 Å². The molecule has 0 radical (unpaired) electrons. The monoisotopic (exact) mass is 282 g/mol. The molecule has 0 bridgehead atoms. The largest absolute Gasteiger partial charge is 0.484 e. The molecule has 1 aromatic carbocycles. The molecule has 0 aliphatic heterocycles.